The zero-order valence-electron chi connectivity index (χ0n) is 6.16. The van der Waals surface area contributed by atoms with Crippen molar-refractivity contribution in [3.05, 3.63) is 18.0 Å². The highest BCUT2D eigenvalue weighted by Gasteiger charge is 1.93. The lowest BCUT2D eigenvalue weighted by Crippen LogP contribution is -2.11. The highest BCUT2D eigenvalue weighted by atomic mass is 16.6. The minimum absolute atomic E-state index is 0.650. The lowest BCUT2D eigenvalue weighted by atomic mass is 10.4. The number of nitrogens with one attached hydrogen (secondary N) is 1. The fourth-order valence-electron chi connectivity index (χ4n) is 0.704. The van der Waals surface area contributed by atoms with Crippen molar-refractivity contribution in [2.24, 2.45) is 7.05 Å². The van der Waals surface area contributed by atoms with Crippen LogP contribution < -0.4 is 5.48 Å². The molecule has 0 aliphatic carbocycles. The van der Waals surface area contributed by atoms with E-state index in [0.717, 1.165) is 5.69 Å². The molecular formula is C6H11N3O. The molecule has 0 saturated carbocycles. The molecule has 1 rings (SSSR count). The molecule has 0 atom stereocenters. The van der Waals surface area contributed by atoms with Gasteiger partial charge in [0.2, 0.25) is 0 Å². The van der Waals surface area contributed by atoms with Crippen LogP contribution in [-0.4, -0.2) is 16.9 Å². The number of nitrogens with zero attached hydrogens (tertiary/aromatic N) is 2. The summed E-state index contributed by atoms with van der Waals surface area (Å²) in [6.45, 7) is 0.650. The SMILES string of the molecule is CONCc1ccn(C)n1. The third kappa shape index (κ3) is 1.82. The zero-order chi connectivity index (χ0) is 7.40. The van der Waals surface area contributed by atoms with Gasteiger partial charge in [-0.1, -0.05) is 0 Å². The molecular weight excluding hydrogens is 130 g/mol. The number of rotatable bonds is 3. The van der Waals surface area contributed by atoms with E-state index in [-0.39, 0.29) is 0 Å². The van der Waals surface area contributed by atoms with Crippen molar-refractivity contribution in [1.29, 1.82) is 0 Å². The van der Waals surface area contributed by atoms with Gasteiger partial charge in [-0.3, -0.25) is 4.68 Å². The molecule has 0 bridgehead atoms. The average Bonchev–Trinajstić information content (AvgIpc) is 2.31. The highest BCUT2D eigenvalue weighted by molar-refractivity contribution is 4.97. The van der Waals surface area contributed by atoms with Crippen LogP contribution in [0.5, 0.6) is 0 Å². The molecule has 1 aromatic rings. The van der Waals surface area contributed by atoms with Crippen molar-refractivity contribution in [1.82, 2.24) is 15.3 Å². The minimum atomic E-state index is 0.650. The first-order valence-corrected chi connectivity index (χ1v) is 3.07. The Morgan fingerprint density at radius 3 is 3.10 bits per heavy atom. The summed E-state index contributed by atoms with van der Waals surface area (Å²) in [7, 11) is 3.47. The first-order chi connectivity index (χ1) is 4.83. The van der Waals surface area contributed by atoms with Crippen LogP contribution in [0.1, 0.15) is 5.69 Å². The Balaban J connectivity index is 2.42. The van der Waals surface area contributed by atoms with Crippen LogP contribution in [-0.2, 0) is 18.4 Å². The molecule has 4 nitrogen and oxygen atoms in total. The molecule has 0 radical (unpaired) electrons. The number of aromatic nitrogens is 2. The summed E-state index contributed by atoms with van der Waals surface area (Å²) in [4.78, 5) is 4.66. The van der Waals surface area contributed by atoms with Crippen LogP contribution in [0.15, 0.2) is 12.3 Å². The number of aryl methyl sites for hydroxylation is 1. The maximum Gasteiger partial charge on any atom is 0.0786 e. The summed E-state index contributed by atoms with van der Waals surface area (Å²) < 4.78 is 1.76. The van der Waals surface area contributed by atoms with E-state index in [0.29, 0.717) is 6.54 Å². The summed E-state index contributed by atoms with van der Waals surface area (Å²) in [5, 5.41) is 4.12. The minimum Gasteiger partial charge on any atom is -0.305 e. The topological polar surface area (TPSA) is 39.1 Å². The number of hydrogen-bond acceptors (Lipinski definition) is 3. The van der Waals surface area contributed by atoms with Crippen LogP contribution in [0.25, 0.3) is 0 Å². The van der Waals surface area contributed by atoms with E-state index in [1.807, 2.05) is 19.3 Å². The molecule has 0 aliphatic heterocycles. The Morgan fingerprint density at radius 2 is 2.60 bits per heavy atom. The first-order valence-electron chi connectivity index (χ1n) is 3.07. The maximum atomic E-state index is 4.66. The quantitative estimate of drug-likeness (QED) is 0.605. The largest absolute Gasteiger partial charge is 0.305 e. The Labute approximate surface area is 59.8 Å². The molecule has 0 unspecified atom stereocenters. The Morgan fingerprint density at radius 1 is 1.80 bits per heavy atom. The maximum absolute atomic E-state index is 4.66. The second-order valence-corrected chi connectivity index (χ2v) is 2.01. The lowest BCUT2D eigenvalue weighted by molar-refractivity contribution is 0.0857. The highest BCUT2D eigenvalue weighted by Crippen LogP contribution is 1.91. The monoisotopic (exact) mass is 141 g/mol. The number of hydrogen-bond donors (Lipinski definition) is 1. The molecule has 10 heavy (non-hydrogen) atoms. The molecule has 1 aromatic heterocycles. The Kier molecular flexibility index (Phi) is 2.42. The molecule has 0 aromatic carbocycles. The van der Waals surface area contributed by atoms with Crippen molar-refractivity contribution >= 4 is 0 Å². The van der Waals surface area contributed by atoms with Crippen molar-refractivity contribution in [3.63, 3.8) is 0 Å². The van der Waals surface area contributed by atoms with E-state index >= 15 is 0 Å². The van der Waals surface area contributed by atoms with Crippen LogP contribution >= 0.6 is 0 Å². The third-order valence-electron chi connectivity index (χ3n) is 1.17. The van der Waals surface area contributed by atoms with E-state index in [9.17, 15) is 0 Å². The van der Waals surface area contributed by atoms with E-state index in [1.54, 1.807) is 11.8 Å². The smallest absolute Gasteiger partial charge is 0.0786 e. The summed E-state index contributed by atoms with van der Waals surface area (Å²) >= 11 is 0. The molecule has 0 fully saturated rings. The van der Waals surface area contributed by atoms with Crippen LogP contribution in [0.4, 0.5) is 0 Å². The van der Waals surface area contributed by atoms with Crippen molar-refractivity contribution in [2.75, 3.05) is 7.11 Å². The van der Waals surface area contributed by atoms with Crippen LogP contribution in [0.2, 0.25) is 0 Å². The number of hydroxylamine groups is 1. The average molecular weight is 141 g/mol. The van der Waals surface area contributed by atoms with Gasteiger partial charge in [0.15, 0.2) is 0 Å². The van der Waals surface area contributed by atoms with Gasteiger partial charge in [-0.2, -0.15) is 10.6 Å². The molecule has 1 heterocycles. The molecule has 0 saturated heterocycles. The first kappa shape index (κ1) is 7.24. The zero-order valence-corrected chi connectivity index (χ0v) is 6.16. The van der Waals surface area contributed by atoms with E-state index < -0.39 is 0 Å². The van der Waals surface area contributed by atoms with Crippen molar-refractivity contribution in [2.45, 2.75) is 6.54 Å². The lowest BCUT2D eigenvalue weighted by Gasteiger charge is -1.95. The van der Waals surface area contributed by atoms with Gasteiger partial charge in [-0.15, -0.1) is 0 Å². The predicted octanol–water partition coefficient (Wildman–Crippen LogP) is 0.0711. The van der Waals surface area contributed by atoms with Gasteiger partial charge in [-0.25, -0.2) is 0 Å². The Hall–Kier alpha value is -0.870. The molecule has 56 valence electrons. The molecule has 1 N–H and O–H groups in total. The fraction of sp³-hybridized carbons (Fsp3) is 0.500. The third-order valence-corrected chi connectivity index (χ3v) is 1.17. The van der Waals surface area contributed by atoms with Gasteiger partial charge >= 0.3 is 0 Å². The summed E-state index contributed by atoms with van der Waals surface area (Å²) in [6.07, 6.45) is 1.90. The van der Waals surface area contributed by atoms with Gasteiger partial charge in [0.1, 0.15) is 0 Å². The summed E-state index contributed by atoms with van der Waals surface area (Å²) in [5.74, 6) is 0. The second-order valence-electron chi connectivity index (χ2n) is 2.01. The normalized spacial score (nSPS) is 10.2. The summed E-state index contributed by atoms with van der Waals surface area (Å²) in [5.41, 5.74) is 3.68. The van der Waals surface area contributed by atoms with Crippen molar-refractivity contribution < 1.29 is 4.84 Å². The fourth-order valence-corrected chi connectivity index (χ4v) is 0.704. The Bertz CT molecular complexity index is 197. The molecule has 4 heteroatoms. The van der Waals surface area contributed by atoms with E-state index in [2.05, 4.69) is 15.4 Å². The van der Waals surface area contributed by atoms with Gasteiger partial charge < -0.3 is 4.84 Å². The molecule has 0 spiro atoms. The van der Waals surface area contributed by atoms with Gasteiger partial charge in [0.05, 0.1) is 19.3 Å². The van der Waals surface area contributed by atoms with E-state index in [4.69, 9.17) is 0 Å². The van der Waals surface area contributed by atoms with Gasteiger partial charge in [-0.05, 0) is 6.07 Å². The van der Waals surface area contributed by atoms with Gasteiger partial charge in [0.25, 0.3) is 0 Å². The van der Waals surface area contributed by atoms with Crippen LogP contribution in [0, 0.1) is 0 Å². The van der Waals surface area contributed by atoms with Crippen LogP contribution in [0.3, 0.4) is 0 Å². The van der Waals surface area contributed by atoms with Gasteiger partial charge in [0, 0.05) is 13.2 Å². The van der Waals surface area contributed by atoms with Crippen molar-refractivity contribution in [3.8, 4) is 0 Å². The molecule has 0 amide bonds. The summed E-state index contributed by atoms with van der Waals surface area (Å²) in [6, 6.07) is 1.94. The predicted molar refractivity (Wildman–Crippen MR) is 37.1 cm³/mol. The second kappa shape index (κ2) is 3.34. The molecule has 0 aliphatic rings. The van der Waals surface area contributed by atoms with E-state index in [1.165, 1.54) is 0 Å². The standard InChI is InChI=1S/C6H11N3O/c1-9-4-3-6(8-9)5-7-10-2/h3-4,7H,5H2,1-2H3.